The lowest BCUT2D eigenvalue weighted by Crippen LogP contribution is -2.09. The van der Waals surface area contributed by atoms with E-state index in [4.69, 9.17) is 5.53 Å². The molecular weight excluding hydrogens is 150 g/mol. The van der Waals surface area contributed by atoms with Crippen LogP contribution in [0.3, 0.4) is 0 Å². The van der Waals surface area contributed by atoms with Crippen molar-refractivity contribution >= 4 is 0 Å². The first kappa shape index (κ1) is 8.97. The van der Waals surface area contributed by atoms with Crippen molar-refractivity contribution in [2.75, 3.05) is 6.54 Å². The van der Waals surface area contributed by atoms with Crippen molar-refractivity contribution in [2.45, 2.75) is 25.8 Å². The second-order valence-electron chi connectivity index (χ2n) is 2.91. The van der Waals surface area contributed by atoms with Crippen molar-refractivity contribution in [3.63, 3.8) is 0 Å². The minimum Gasteiger partial charge on any atom is -0.349 e. The molecule has 66 valence electrons. The third-order valence-electron chi connectivity index (χ3n) is 1.97. The average Bonchev–Trinajstić information content (AvgIpc) is 2.56. The maximum Gasteiger partial charge on any atom is 0.0803 e. The zero-order valence-corrected chi connectivity index (χ0v) is 7.40. The molecule has 0 unspecified atom stereocenters. The Balaban J connectivity index is 2.59. The molecule has 0 aliphatic rings. The molecule has 0 fully saturated rings. The molecule has 3 nitrogen and oxygen atoms in total. The van der Waals surface area contributed by atoms with Crippen LogP contribution in [0.5, 0.6) is 0 Å². The first-order valence-electron chi connectivity index (χ1n) is 4.34. The SMILES string of the molecule is CCC[C@@H](CN=N)n1cccc1. The van der Waals surface area contributed by atoms with Crippen LogP contribution >= 0.6 is 0 Å². The highest BCUT2D eigenvalue weighted by atomic mass is 15.0. The van der Waals surface area contributed by atoms with Gasteiger partial charge in [0.05, 0.1) is 12.6 Å². The van der Waals surface area contributed by atoms with Gasteiger partial charge in [0.2, 0.25) is 0 Å². The minimum absolute atomic E-state index is 0.377. The fraction of sp³-hybridized carbons (Fsp3) is 0.556. The highest BCUT2D eigenvalue weighted by Crippen LogP contribution is 2.13. The highest BCUT2D eigenvalue weighted by Gasteiger charge is 2.06. The maximum atomic E-state index is 6.83. The van der Waals surface area contributed by atoms with E-state index in [0.717, 1.165) is 12.8 Å². The van der Waals surface area contributed by atoms with Crippen LogP contribution in [0.25, 0.3) is 0 Å². The van der Waals surface area contributed by atoms with Crippen molar-refractivity contribution in [2.24, 2.45) is 5.11 Å². The largest absolute Gasteiger partial charge is 0.349 e. The maximum absolute atomic E-state index is 6.83. The van der Waals surface area contributed by atoms with Gasteiger partial charge in [0, 0.05) is 12.4 Å². The summed E-state index contributed by atoms with van der Waals surface area (Å²) in [5, 5.41) is 3.44. The van der Waals surface area contributed by atoms with Crippen molar-refractivity contribution in [1.29, 1.82) is 5.53 Å². The molecule has 1 aromatic heterocycles. The normalized spacial score (nSPS) is 12.8. The van der Waals surface area contributed by atoms with E-state index in [2.05, 4.69) is 16.6 Å². The second-order valence-corrected chi connectivity index (χ2v) is 2.91. The van der Waals surface area contributed by atoms with E-state index in [1.807, 2.05) is 24.5 Å². The third kappa shape index (κ3) is 2.19. The lowest BCUT2D eigenvalue weighted by molar-refractivity contribution is 0.463. The van der Waals surface area contributed by atoms with Gasteiger partial charge in [-0.3, -0.25) is 0 Å². The van der Waals surface area contributed by atoms with Crippen LogP contribution in [-0.2, 0) is 0 Å². The van der Waals surface area contributed by atoms with E-state index in [9.17, 15) is 0 Å². The Bertz CT molecular complexity index is 216. The quantitative estimate of drug-likeness (QED) is 0.652. The van der Waals surface area contributed by atoms with Gasteiger partial charge in [-0.05, 0) is 18.6 Å². The summed E-state index contributed by atoms with van der Waals surface area (Å²) in [5.41, 5.74) is 6.83. The number of aromatic nitrogens is 1. The highest BCUT2D eigenvalue weighted by molar-refractivity contribution is 4.93. The van der Waals surface area contributed by atoms with E-state index < -0.39 is 0 Å². The number of nitrogens with one attached hydrogen (secondary N) is 1. The molecule has 1 aromatic rings. The first-order chi connectivity index (χ1) is 5.88. The predicted molar refractivity (Wildman–Crippen MR) is 48.4 cm³/mol. The van der Waals surface area contributed by atoms with Gasteiger partial charge in [-0.2, -0.15) is 5.11 Å². The summed E-state index contributed by atoms with van der Waals surface area (Å²) in [7, 11) is 0. The molecular formula is C9H15N3. The molecule has 1 atom stereocenters. The van der Waals surface area contributed by atoms with Crippen molar-refractivity contribution in [3.05, 3.63) is 24.5 Å². The molecule has 0 saturated heterocycles. The van der Waals surface area contributed by atoms with Gasteiger partial charge >= 0.3 is 0 Å². The standard InChI is InChI=1S/C9H15N3/c1-2-5-9(8-11-10)12-6-3-4-7-12/h3-4,6-7,9-10H,2,5,8H2,1H3/t9-/m0/s1. The van der Waals surface area contributed by atoms with Crippen LogP contribution in [0.1, 0.15) is 25.8 Å². The van der Waals surface area contributed by atoms with Gasteiger partial charge < -0.3 is 4.57 Å². The van der Waals surface area contributed by atoms with E-state index in [0.29, 0.717) is 12.6 Å². The Morgan fingerprint density at radius 3 is 2.58 bits per heavy atom. The topological polar surface area (TPSA) is 41.1 Å². The van der Waals surface area contributed by atoms with E-state index in [-0.39, 0.29) is 0 Å². The number of rotatable bonds is 5. The fourth-order valence-corrected chi connectivity index (χ4v) is 1.36. The third-order valence-corrected chi connectivity index (χ3v) is 1.97. The average molecular weight is 165 g/mol. The van der Waals surface area contributed by atoms with Crippen molar-refractivity contribution < 1.29 is 0 Å². The minimum atomic E-state index is 0.377. The molecule has 3 heteroatoms. The van der Waals surface area contributed by atoms with Crippen molar-refractivity contribution in [3.8, 4) is 0 Å². The number of nitrogens with zero attached hydrogens (tertiary/aromatic N) is 2. The van der Waals surface area contributed by atoms with E-state index in [1.165, 1.54) is 0 Å². The van der Waals surface area contributed by atoms with E-state index >= 15 is 0 Å². The molecule has 0 amide bonds. The molecule has 0 aliphatic heterocycles. The summed E-state index contributed by atoms with van der Waals surface area (Å²) < 4.78 is 2.13. The fourth-order valence-electron chi connectivity index (χ4n) is 1.36. The molecule has 0 aliphatic carbocycles. The Hall–Kier alpha value is -1.12. The Morgan fingerprint density at radius 2 is 2.08 bits per heavy atom. The number of hydrogen-bond acceptors (Lipinski definition) is 2. The van der Waals surface area contributed by atoms with Crippen molar-refractivity contribution in [1.82, 2.24) is 4.57 Å². The predicted octanol–water partition coefficient (Wildman–Crippen LogP) is 2.86. The van der Waals surface area contributed by atoms with Gasteiger partial charge in [0.1, 0.15) is 0 Å². The summed E-state index contributed by atoms with van der Waals surface area (Å²) in [5.74, 6) is 0. The molecule has 1 heterocycles. The van der Waals surface area contributed by atoms with Gasteiger partial charge in [0.25, 0.3) is 0 Å². The Kier molecular flexibility index (Phi) is 3.51. The van der Waals surface area contributed by atoms with Crippen LogP contribution in [-0.4, -0.2) is 11.1 Å². The molecule has 1 N–H and O–H groups in total. The monoisotopic (exact) mass is 165 g/mol. The van der Waals surface area contributed by atoms with E-state index in [1.54, 1.807) is 0 Å². The zero-order chi connectivity index (χ0) is 8.81. The van der Waals surface area contributed by atoms with Gasteiger partial charge in [-0.1, -0.05) is 13.3 Å². The molecule has 0 spiro atoms. The van der Waals surface area contributed by atoms with Crippen LogP contribution in [0.2, 0.25) is 0 Å². The zero-order valence-electron chi connectivity index (χ0n) is 7.40. The lowest BCUT2D eigenvalue weighted by Gasteiger charge is -2.14. The van der Waals surface area contributed by atoms with Gasteiger partial charge in [0.15, 0.2) is 0 Å². The summed E-state index contributed by atoms with van der Waals surface area (Å²) in [4.78, 5) is 0. The molecule has 12 heavy (non-hydrogen) atoms. The first-order valence-corrected chi connectivity index (χ1v) is 4.34. The summed E-state index contributed by atoms with van der Waals surface area (Å²) in [6, 6.07) is 4.39. The second kappa shape index (κ2) is 4.70. The molecule has 0 aromatic carbocycles. The Labute approximate surface area is 72.9 Å². The van der Waals surface area contributed by atoms with Gasteiger partial charge in [-0.15, -0.1) is 0 Å². The molecule has 1 rings (SSSR count). The number of hydrogen-bond donors (Lipinski definition) is 1. The molecule has 0 bridgehead atoms. The molecule has 0 radical (unpaired) electrons. The van der Waals surface area contributed by atoms with Crippen LogP contribution in [0, 0.1) is 5.53 Å². The lowest BCUT2D eigenvalue weighted by atomic mass is 10.2. The smallest absolute Gasteiger partial charge is 0.0803 e. The molecule has 0 saturated carbocycles. The van der Waals surface area contributed by atoms with Gasteiger partial charge in [-0.25, -0.2) is 5.53 Å². The van der Waals surface area contributed by atoms with Crippen LogP contribution < -0.4 is 0 Å². The van der Waals surface area contributed by atoms with Crippen LogP contribution in [0.4, 0.5) is 0 Å². The summed E-state index contributed by atoms with van der Waals surface area (Å²) in [6.07, 6.45) is 6.30. The summed E-state index contributed by atoms with van der Waals surface area (Å²) in [6.45, 7) is 2.75. The summed E-state index contributed by atoms with van der Waals surface area (Å²) >= 11 is 0. The van der Waals surface area contributed by atoms with Crippen LogP contribution in [0.15, 0.2) is 29.6 Å². The Morgan fingerprint density at radius 1 is 1.42 bits per heavy atom.